The highest BCUT2D eigenvalue weighted by Gasteiger charge is 2.26. The molecule has 0 saturated carbocycles. The Morgan fingerprint density at radius 1 is 0.933 bits per heavy atom. The lowest BCUT2D eigenvalue weighted by Gasteiger charge is -2.35. The highest BCUT2D eigenvalue weighted by Crippen LogP contribution is 2.09. The van der Waals surface area contributed by atoms with E-state index in [4.69, 9.17) is 0 Å². The molecule has 92 valence electrons. The predicted octanol–water partition coefficient (Wildman–Crippen LogP) is 0.392. The number of likely N-dealkylation sites (N-methyl/N-ethyl adjacent to an activating group) is 2. The Hall–Kier alpha value is 0.580. The summed E-state index contributed by atoms with van der Waals surface area (Å²) in [5.41, 5.74) is 0.0555. The molecule has 3 N–H and O–H groups in total. The molecule has 0 aromatic carbocycles. The molecule has 3 nitrogen and oxygen atoms in total. The van der Waals surface area contributed by atoms with Gasteiger partial charge in [-0.05, 0) is 27.9 Å². The van der Waals surface area contributed by atoms with Crippen LogP contribution >= 0.6 is 25.3 Å². The van der Waals surface area contributed by atoms with E-state index in [2.05, 4.69) is 55.1 Å². The van der Waals surface area contributed by atoms with Crippen molar-refractivity contribution in [3.8, 4) is 0 Å². The van der Waals surface area contributed by atoms with Gasteiger partial charge >= 0.3 is 0 Å². The molecule has 15 heavy (non-hydrogen) atoms. The molecule has 0 fully saturated rings. The number of hydrogen-bond donors (Lipinski definition) is 5. The lowest BCUT2D eigenvalue weighted by Crippen LogP contribution is -2.59. The third-order valence-electron chi connectivity index (χ3n) is 2.77. The molecule has 0 aliphatic rings. The van der Waals surface area contributed by atoms with Crippen LogP contribution in [0.1, 0.15) is 13.8 Å². The first-order valence-corrected chi connectivity index (χ1v) is 6.52. The highest BCUT2D eigenvalue weighted by atomic mass is 32.1. The first-order valence-electron chi connectivity index (χ1n) is 5.25. The molecule has 0 aliphatic heterocycles. The van der Waals surface area contributed by atoms with Crippen LogP contribution in [0, 0.1) is 0 Å². The molecule has 0 heterocycles. The third-order valence-corrected chi connectivity index (χ3v) is 4.17. The summed E-state index contributed by atoms with van der Waals surface area (Å²) in [5.74, 6) is 1.61. The summed E-state index contributed by atoms with van der Waals surface area (Å²) < 4.78 is 0. The third kappa shape index (κ3) is 5.45. The molecule has 0 spiro atoms. The second-order valence-corrected chi connectivity index (χ2v) is 5.20. The molecular formula is C10H25N3S2. The minimum atomic E-state index is 0.0267. The van der Waals surface area contributed by atoms with Gasteiger partial charge in [-0.15, -0.1) is 0 Å². The zero-order valence-corrected chi connectivity index (χ0v) is 12.0. The first kappa shape index (κ1) is 15.6. The fraction of sp³-hybridized carbons (Fsp3) is 1.00. The molecule has 0 aliphatic carbocycles. The Morgan fingerprint density at radius 2 is 1.47 bits per heavy atom. The summed E-state index contributed by atoms with van der Waals surface area (Å²) >= 11 is 8.74. The van der Waals surface area contributed by atoms with Gasteiger partial charge in [-0.1, -0.05) is 0 Å². The van der Waals surface area contributed by atoms with Crippen molar-refractivity contribution in [3.05, 3.63) is 0 Å². The van der Waals surface area contributed by atoms with Crippen LogP contribution in [0.15, 0.2) is 0 Å². The Balaban J connectivity index is 4.20. The van der Waals surface area contributed by atoms with Crippen LogP contribution in [0.4, 0.5) is 0 Å². The molecule has 2 atom stereocenters. The van der Waals surface area contributed by atoms with Gasteiger partial charge in [-0.3, -0.25) is 0 Å². The van der Waals surface area contributed by atoms with Crippen LogP contribution in [-0.4, -0.2) is 49.8 Å². The average Bonchev–Trinajstić information content (AvgIpc) is 2.26. The van der Waals surface area contributed by atoms with E-state index < -0.39 is 0 Å². The topological polar surface area (TPSA) is 36.1 Å². The lowest BCUT2D eigenvalue weighted by molar-refractivity contribution is 0.316. The van der Waals surface area contributed by atoms with Gasteiger partial charge in [0.2, 0.25) is 0 Å². The van der Waals surface area contributed by atoms with Crippen LogP contribution in [0.5, 0.6) is 0 Å². The van der Waals surface area contributed by atoms with E-state index in [0.29, 0.717) is 0 Å². The molecule has 0 amide bonds. The van der Waals surface area contributed by atoms with Crippen molar-refractivity contribution in [1.82, 2.24) is 16.0 Å². The van der Waals surface area contributed by atoms with Gasteiger partial charge in [0, 0.05) is 35.7 Å². The minimum Gasteiger partial charge on any atom is -0.318 e. The monoisotopic (exact) mass is 251 g/mol. The standard InChI is InChI=1S/C10H25N3S2/c1-9(7-14,12-4)6-13-10(2,8-15)5-11-3/h11-15H,5-8H2,1-4H3/t9?,10-/m1/s1. The van der Waals surface area contributed by atoms with Gasteiger partial charge in [0.05, 0.1) is 0 Å². The quantitative estimate of drug-likeness (QED) is 0.405. The number of nitrogens with one attached hydrogen (secondary N) is 3. The van der Waals surface area contributed by atoms with Crippen molar-refractivity contribution < 1.29 is 0 Å². The van der Waals surface area contributed by atoms with Crippen molar-refractivity contribution >= 4 is 25.3 Å². The van der Waals surface area contributed by atoms with Crippen molar-refractivity contribution in [2.24, 2.45) is 0 Å². The van der Waals surface area contributed by atoms with Crippen LogP contribution in [-0.2, 0) is 0 Å². The van der Waals surface area contributed by atoms with E-state index in [1.54, 1.807) is 0 Å². The lowest BCUT2D eigenvalue weighted by atomic mass is 10.0. The zero-order valence-electron chi connectivity index (χ0n) is 10.2. The highest BCUT2D eigenvalue weighted by molar-refractivity contribution is 7.80. The average molecular weight is 251 g/mol. The predicted molar refractivity (Wildman–Crippen MR) is 75.5 cm³/mol. The fourth-order valence-electron chi connectivity index (χ4n) is 1.20. The van der Waals surface area contributed by atoms with E-state index >= 15 is 0 Å². The van der Waals surface area contributed by atoms with Gasteiger partial charge in [-0.25, -0.2) is 0 Å². The van der Waals surface area contributed by atoms with E-state index in [1.165, 1.54) is 0 Å². The van der Waals surface area contributed by atoms with Crippen LogP contribution in [0.25, 0.3) is 0 Å². The Bertz CT molecular complexity index is 174. The first-order chi connectivity index (χ1) is 6.95. The molecule has 0 aromatic rings. The molecule has 0 bridgehead atoms. The van der Waals surface area contributed by atoms with E-state index in [1.807, 2.05) is 14.1 Å². The van der Waals surface area contributed by atoms with Crippen LogP contribution in [0.3, 0.4) is 0 Å². The fourth-order valence-corrected chi connectivity index (χ4v) is 1.69. The summed E-state index contributed by atoms with van der Waals surface area (Å²) in [7, 11) is 3.92. The Labute approximate surface area is 105 Å². The van der Waals surface area contributed by atoms with Gasteiger partial charge in [0.25, 0.3) is 0 Å². The van der Waals surface area contributed by atoms with E-state index in [-0.39, 0.29) is 11.1 Å². The second-order valence-electron chi connectivity index (χ2n) is 4.57. The number of thiol groups is 2. The number of hydrogen-bond acceptors (Lipinski definition) is 5. The molecule has 1 unspecified atom stereocenters. The summed E-state index contributed by atoms with van der Waals surface area (Å²) in [6.07, 6.45) is 0. The van der Waals surface area contributed by atoms with Crippen molar-refractivity contribution in [2.45, 2.75) is 24.9 Å². The maximum absolute atomic E-state index is 4.38. The van der Waals surface area contributed by atoms with Gasteiger partial charge in [0.15, 0.2) is 0 Å². The second kappa shape index (κ2) is 7.01. The minimum absolute atomic E-state index is 0.0267. The molecule has 0 radical (unpaired) electrons. The zero-order chi connectivity index (χ0) is 11.9. The van der Waals surface area contributed by atoms with Gasteiger partial charge in [0.1, 0.15) is 0 Å². The summed E-state index contributed by atoms with van der Waals surface area (Å²) in [4.78, 5) is 0. The van der Waals surface area contributed by atoms with Crippen LogP contribution < -0.4 is 16.0 Å². The van der Waals surface area contributed by atoms with Gasteiger partial charge < -0.3 is 16.0 Å². The van der Waals surface area contributed by atoms with E-state index in [9.17, 15) is 0 Å². The maximum atomic E-state index is 4.38. The van der Waals surface area contributed by atoms with Crippen molar-refractivity contribution in [1.29, 1.82) is 0 Å². The van der Waals surface area contributed by atoms with Gasteiger partial charge in [-0.2, -0.15) is 25.3 Å². The summed E-state index contributed by atoms with van der Waals surface area (Å²) in [6, 6.07) is 0. The Kier molecular flexibility index (Phi) is 7.28. The number of rotatable bonds is 8. The summed E-state index contributed by atoms with van der Waals surface area (Å²) in [5, 5.41) is 10.0. The van der Waals surface area contributed by atoms with Crippen molar-refractivity contribution in [2.75, 3.05) is 38.7 Å². The maximum Gasteiger partial charge on any atom is 0.0366 e. The van der Waals surface area contributed by atoms with Crippen LogP contribution in [0.2, 0.25) is 0 Å². The summed E-state index contributed by atoms with van der Waals surface area (Å²) in [6.45, 7) is 6.12. The molecule has 0 aromatic heterocycles. The SMILES string of the molecule is CNC[C@](C)(CS)NCC(C)(CS)NC. The normalized spacial score (nSPS) is 19.6. The molecule has 0 saturated heterocycles. The molecule has 5 heteroatoms. The largest absolute Gasteiger partial charge is 0.318 e. The van der Waals surface area contributed by atoms with E-state index in [0.717, 1.165) is 24.6 Å². The molecule has 0 rings (SSSR count). The Morgan fingerprint density at radius 3 is 1.80 bits per heavy atom. The van der Waals surface area contributed by atoms with Crippen molar-refractivity contribution in [3.63, 3.8) is 0 Å². The molecular weight excluding hydrogens is 226 g/mol. The smallest absolute Gasteiger partial charge is 0.0366 e.